The summed E-state index contributed by atoms with van der Waals surface area (Å²) in [6, 6.07) is 9.77. The van der Waals surface area contributed by atoms with Crippen molar-refractivity contribution in [2.75, 3.05) is 6.54 Å². The van der Waals surface area contributed by atoms with Gasteiger partial charge in [0.1, 0.15) is 0 Å². The van der Waals surface area contributed by atoms with Crippen molar-refractivity contribution in [2.24, 2.45) is 11.5 Å². The van der Waals surface area contributed by atoms with E-state index in [0.717, 1.165) is 17.5 Å². The third kappa shape index (κ3) is 2.56. The van der Waals surface area contributed by atoms with Crippen LogP contribution in [0.3, 0.4) is 0 Å². The monoisotopic (exact) mass is 189 g/mol. The Bertz CT molecular complexity index is 328. The molecule has 0 aliphatic rings. The largest absolute Gasteiger partial charge is 0.330 e. The van der Waals surface area contributed by atoms with Gasteiger partial charge in [0.05, 0.1) is 12.5 Å². The predicted molar refractivity (Wildman–Crippen MR) is 56.4 cm³/mol. The first-order valence-electron chi connectivity index (χ1n) is 4.70. The van der Waals surface area contributed by atoms with Crippen LogP contribution in [0.25, 0.3) is 0 Å². The number of nitrogens with zero attached hydrogens (tertiary/aromatic N) is 1. The van der Waals surface area contributed by atoms with Gasteiger partial charge in [-0.2, -0.15) is 5.26 Å². The van der Waals surface area contributed by atoms with E-state index in [2.05, 4.69) is 6.07 Å². The van der Waals surface area contributed by atoms with Crippen LogP contribution in [0.1, 0.15) is 23.6 Å². The van der Waals surface area contributed by atoms with Gasteiger partial charge in [0.25, 0.3) is 0 Å². The molecule has 0 heterocycles. The third-order valence-corrected chi connectivity index (χ3v) is 2.18. The molecule has 0 aromatic heterocycles. The van der Waals surface area contributed by atoms with Crippen molar-refractivity contribution in [3.05, 3.63) is 35.4 Å². The summed E-state index contributed by atoms with van der Waals surface area (Å²) in [4.78, 5) is 0. The first-order chi connectivity index (χ1) is 6.79. The van der Waals surface area contributed by atoms with E-state index in [1.807, 2.05) is 24.3 Å². The second kappa shape index (κ2) is 5.38. The van der Waals surface area contributed by atoms with Gasteiger partial charge in [0.2, 0.25) is 0 Å². The maximum absolute atomic E-state index is 8.56. The van der Waals surface area contributed by atoms with Crippen LogP contribution in [0.5, 0.6) is 0 Å². The molecule has 0 bridgehead atoms. The molecule has 0 spiro atoms. The van der Waals surface area contributed by atoms with Gasteiger partial charge in [0, 0.05) is 6.04 Å². The van der Waals surface area contributed by atoms with E-state index in [1.54, 1.807) is 0 Å². The Kier molecular flexibility index (Phi) is 4.11. The van der Waals surface area contributed by atoms with Gasteiger partial charge in [0.15, 0.2) is 0 Å². The van der Waals surface area contributed by atoms with Crippen molar-refractivity contribution < 1.29 is 0 Å². The zero-order valence-corrected chi connectivity index (χ0v) is 8.11. The average molecular weight is 189 g/mol. The van der Waals surface area contributed by atoms with Gasteiger partial charge in [-0.15, -0.1) is 0 Å². The maximum atomic E-state index is 8.56. The molecule has 1 rings (SSSR count). The van der Waals surface area contributed by atoms with Crippen molar-refractivity contribution in [3.8, 4) is 6.07 Å². The fraction of sp³-hybridized carbons (Fsp3) is 0.364. The van der Waals surface area contributed by atoms with Gasteiger partial charge < -0.3 is 11.5 Å². The highest BCUT2D eigenvalue weighted by Gasteiger charge is 2.08. The van der Waals surface area contributed by atoms with Gasteiger partial charge in [-0.1, -0.05) is 24.3 Å². The molecule has 1 atom stereocenters. The molecule has 0 radical (unpaired) electrons. The molecule has 0 fully saturated rings. The fourth-order valence-electron chi connectivity index (χ4n) is 1.49. The molecule has 1 unspecified atom stereocenters. The van der Waals surface area contributed by atoms with Crippen LogP contribution in [0.4, 0.5) is 0 Å². The smallest absolute Gasteiger partial charge is 0.0641 e. The number of rotatable bonds is 4. The van der Waals surface area contributed by atoms with E-state index in [0.29, 0.717) is 13.0 Å². The van der Waals surface area contributed by atoms with Crippen LogP contribution in [-0.4, -0.2) is 6.54 Å². The van der Waals surface area contributed by atoms with E-state index < -0.39 is 0 Å². The average Bonchev–Trinajstić information content (AvgIpc) is 2.19. The lowest BCUT2D eigenvalue weighted by Crippen LogP contribution is -2.13. The van der Waals surface area contributed by atoms with Crippen LogP contribution in [0.15, 0.2) is 24.3 Å². The van der Waals surface area contributed by atoms with Gasteiger partial charge >= 0.3 is 0 Å². The summed E-state index contributed by atoms with van der Waals surface area (Å²) in [5.41, 5.74) is 13.6. The minimum absolute atomic E-state index is 0.192. The summed E-state index contributed by atoms with van der Waals surface area (Å²) in [6.45, 7) is 0.607. The Morgan fingerprint density at radius 3 is 2.71 bits per heavy atom. The lowest BCUT2D eigenvalue weighted by atomic mass is 9.97. The van der Waals surface area contributed by atoms with E-state index in [9.17, 15) is 0 Å². The molecule has 14 heavy (non-hydrogen) atoms. The molecule has 0 saturated heterocycles. The molecular weight excluding hydrogens is 174 g/mol. The molecule has 1 aromatic carbocycles. The van der Waals surface area contributed by atoms with Crippen LogP contribution in [-0.2, 0) is 6.42 Å². The second-order valence-electron chi connectivity index (χ2n) is 3.21. The zero-order chi connectivity index (χ0) is 10.4. The molecule has 0 saturated carbocycles. The molecule has 0 amide bonds. The number of nitriles is 1. The lowest BCUT2D eigenvalue weighted by Gasteiger charge is -2.13. The zero-order valence-electron chi connectivity index (χ0n) is 8.11. The van der Waals surface area contributed by atoms with Crippen molar-refractivity contribution >= 4 is 0 Å². The first kappa shape index (κ1) is 10.7. The van der Waals surface area contributed by atoms with Gasteiger partial charge in [-0.3, -0.25) is 0 Å². The Balaban J connectivity index is 2.89. The Labute approximate surface area is 84.3 Å². The van der Waals surface area contributed by atoms with Crippen LogP contribution >= 0.6 is 0 Å². The minimum atomic E-state index is -0.192. The Hall–Kier alpha value is -1.37. The van der Waals surface area contributed by atoms with E-state index >= 15 is 0 Å². The molecule has 4 N–H and O–H groups in total. The molecule has 0 aliphatic carbocycles. The highest BCUT2D eigenvalue weighted by atomic mass is 14.6. The van der Waals surface area contributed by atoms with Crippen molar-refractivity contribution in [3.63, 3.8) is 0 Å². The van der Waals surface area contributed by atoms with Crippen LogP contribution in [0, 0.1) is 11.3 Å². The third-order valence-electron chi connectivity index (χ3n) is 2.18. The molecule has 74 valence electrons. The van der Waals surface area contributed by atoms with E-state index in [4.69, 9.17) is 16.7 Å². The number of nitrogens with two attached hydrogens (primary N) is 2. The Morgan fingerprint density at radius 2 is 2.07 bits per heavy atom. The van der Waals surface area contributed by atoms with Crippen LogP contribution in [0.2, 0.25) is 0 Å². The molecule has 0 aliphatic heterocycles. The van der Waals surface area contributed by atoms with E-state index in [1.165, 1.54) is 0 Å². The molecular formula is C11H15N3. The summed E-state index contributed by atoms with van der Waals surface area (Å²) in [6.07, 6.45) is 1.16. The van der Waals surface area contributed by atoms with E-state index in [-0.39, 0.29) is 6.04 Å². The number of hydrogen-bond donors (Lipinski definition) is 2. The quantitative estimate of drug-likeness (QED) is 0.744. The van der Waals surface area contributed by atoms with Crippen molar-refractivity contribution in [1.29, 1.82) is 5.26 Å². The molecule has 3 heteroatoms. The molecule has 1 aromatic rings. The normalized spacial score (nSPS) is 12.1. The first-order valence-corrected chi connectivity index (χ1v) is 4.70. The predicted octanol–water partition coefficient (Wildman–Crippen LogP) is 1.10. The van der Waals surface area contributed by atoms with Crippen molar-refractivity contribution in [2.45, 2.75) is 18.9 Å². The topological polar surface area (TPSA) is 75.8 Å². The van der Waals surface area contributed by atoms with Gasteiger partial charge in [-0.25, -0.2) is 0 Å². The molecule has 3 nitrogen and oxygen atoms in total. The van der Waals surface area contributed by atoms with Gasteiger partial charge in [-0.05, 0) is 24.1 Å². The maximum Gasteiger partial charge on any atom is 0.0641 e. The number of hydrogen-bond acceptors (Lipinski definition) is 3. The lowest BCUT2D eigenvalue weighted by molar-refractivity contribution is 0.733. The highest BCUT2D eigenvalue weighted by Crippen LogP contribution is 2.18. The van der Waals surface area contributed by atoms with Crippen LogP contribution < -0.4 is 11.5 Å². The summed E-state index contributed by atoms with van der Waals surface area (Å²) in [7, 11) is 0. The summed E-state index contributed by atoms with van der Waals surface area (Å²) < 4.78 is 0. The Morgan fingerprint density at radius 1 is 1.36 bits per heavy atom. The fourth-order valence-corrected chi connectivity index (χ4v) is 1.49. The highest BCUT2D eigenvalue weighted by molar-refractivity contribution is 5.30. The summed E-state index contributed by atoms with van der Waals surface area (Å²) >= 11 is 0. The summed E-state index contributed by atoms with van der Waals surface area (Å²) in [5.74, 6) is 0. The minimum Gasteiger partial charge on any atom is -0.330 e. The SMILES string of the molecule is N#CCC(N)c1ccccc1CCN. The standard InChI is InChI=1S/C11H15N3/c12-7-5-9-3-1-2-4-10(9)11(14)6-8-13/h1-4,11H,5-7,12,14H2. The second-order valence-corrected chi connectivity index (χ2v) is 3.21. The summed E-state index contributed by atoms with van der Waals surface area (Å²) in [5, 5.41) is 8.56. The number of benzene rings is 1. The van der Waals surface area contributed by atoms with Crippen molar-refractivity contribution in [1.82, 2.24) is 0 Å².